The number of benzene rings is 3. The van der Waals surface area contributed by atoms with E-state index in [1.165, 1.54) is 22.5 Å². The highest BCUT2D eigenvalue weighted by Crippen LogP contribution is 2.55. The molecule has 0 aliphatic carbocycles. The second-order valence-electron chi connectivity index (χ2n) is 7.47. The molecular formula is C25H24N3S+. The molecule has 0 N–H and O–H groups in total. The maximum absolute atomic E-state index is 4.75. The molecule has 1 aromatic heterocycles. The molecule has 0 spiro atoms. The van der Waals surface area contributed by atoms with Gasteiger partial charge in [-0.3, -0.25) is 0 Å². The topological polar surface area (TPSA) is 21.7 Å². The standard InChI is InChI=1S/C25H24N3S/c1-27-19-26-24-23(17-18-28(24)27)29-25(20-11-5-2-6-12-20,21-13-7-3-8-14-21)22-15-9-4-10-16-22/h2-16,19,23H,17-18H2,1H3/q+1. The Morgan fingerprint density at radius 2 is 1.31 bits per heavy atom. The first-order chi connectivity index (χ1) is 14.3. The summed E-state index contributed by atoms with van der Waals surface area (Å²) < 4.78 is 4.10. The highest BCUT2D eigenvalue weighted by Gasteiger charge is 2.44. The fourth-order valence-corrected chi connectivity index (χ4v) is 6.13. The third-order valence-electron chi connectivity index (χ3n) is 5.75. The lowest BCUT2D eigenvalue weighted by Gasteiger charge is -2.36. The van der Waals surface area contributed by atoms with Crippen molar-refractivity contribution in [3.63, 3.8) is 0 Å². The Morgan fingerprint density at radius 3 is 1.79 bits per heavy atom. The molecule has 1 unspecified atom stereocenters. The minimum Gasteiger partial charge on any atom is -0.178 e. The second kappa shape index (κ2) is 7.53. The van der Waals surface area contributed by atoms with Crippen LogP contribution < -0.4 is 4.68 Å². The zero-order chi connectivity index (χ0) is 19.7. The number of aromatic nitrogens is 3. The van der Waals surface area contributed by atoms with Crippen molar-refractivity contribution < 1.29 is 4.68 Å². The fourth-order valence-electron chi connectivity index (χ4n) is 4.37. The van der Waals surface area contributed by atoms with E-state index in [4.69, 9.17) is 4.98 Å². The van der Waals surface area contributed by atoms with E-state index in [1.807, 2.05) is 18.1 Å². The van der Waals surface area contributed by atoms with E-state index < -0.39 is 0 Å². The lowest BCUT2D eigenvalue weighted by atomic mass is 9.84. The van der Waals surface area contributed by atoms with Crippen LogP contribution in [-0.4, -0.2) is 9.67 Å². The van der Waals surface area contributed by atoms with Crippen molar-refractivity contribution >= 4 is 11.8 Å². The normalized spacial score (nSPS) is 16.0. The van der Waals surface area contributed by atoms with Crippen LogP contribution in [0, 0.1) is 0 Å². The Balaban J connectivity index is 1.72. The first-order valence-electron chi connectivity index (χ1n) is 10.0. The van der Waals surface area contributed by atoms with Crippen LogP contribution >= 0.6 is 11.8 Å². The highest BCUT2D eigenvalue weighted by molar-refractivity contribution is 8.00. The molecule has 144 valence electrons. The minimum absolute atomic E-state index is 0.297. The Kier molecular flexibility index (Phi) is 4.72. The Bertz CT molecular complexity index is 994. The van der Waals surface area contributed by atoms with Crippen LogP contribution in [0.5, 0.6) is 0 Å². The molecular weight excluding hydrogens is 374 g/mol. The van der Waals surface area contributed by atoms with Crippen LogP contribution in [0.25, 0.3) is 0 Å². The fraction of sp³-hybridized carbons (Fsp3) is 0.200. The molecule has 4 heteroatoms. The molecule has 5 rings (SSSR count). The number of rotatable bonds is 5. The van der Waals surface area contributed by atoms with Crippen molar-refractivity contribution in [3.8, 4) is 0 Å². The van der Waals surface area contributed by atoms with Crippen LogP contribution in [-0.2, 0) is 18.3 Å². The van der Waals surface area contributed by atoms with Gasteiger partial charge in [0.1, 0.15) is 7.05 Å². The van der Waals surface area contributed by atoms with Gasteiger partial charge in [0, 0.05) is 0 Å². The van der Waals surface area contributed by atoms with Gasteiger partial charge in [0.2, 0.25) is 0 Å². The summed E-state index contributed by atoms with van der Waals surface area (Å²) in [6.45, 7) is 1.01. The molecule has 4 aromatic rings. The van der Waals surface area contributed by atoms with Gasteiger partial charge in [0.25, 0.3) is 5.82 Å². The van der Waals surface area contributed by atoms with Gasteiger partial charge in [0.15, 0.2) is 0 Å². The highest BCUT2D eigenvalue weighted by atomic mass is 32.2. The summed E-state index contributed by atoms with van der Waals surface area (Å²) in [5.41, 5.74) is 3.91. The van der Waals surface area contributed by atoms with Crippen molar-refractivity contribution in [1.82, 2.24) is 9.67 Å². The summed E-state index contributed by atoms with van der Waals surface area (Å²) >= 11 is 2.02. The molecule has 1 aliphatic heterocycles. The summed E-state index contributed by atoms with van der Waals surface area (Å²) in [7, 11) is 2.07. The SMILES string of the molecule is C[n+]1cnc2n1CCC2SC(c1ccccc1)(c1ccccc1)c1ccccc1. The van der Waals surface area contributed by atoms with E-state index in [1.54, 1.807) is 0 Å². The quantitative estimate of drug-likeness (QED) is 0.353. The molecule has 0 fully saturated rings. The average molecular weight is 399 g/mol. The summed E-state index contributed by atoms with van der Waals surface area (Å²) in [5.74, 6) is 1.17. The van der Waals surface area contributed by atoms with Gasteiger partial charge >= 0.3 is 6.33 Å². The lowest BCUT2D eigenvalue weighted by molar-refractivity contribution is -0.754. The molecule has 0 bridgehead atoms. The summed E-state index contributed by atoms with van der Waals surface area (Å²) in [6.07, 6.45) is 3.02. The van der Waals surface area contributed by atoms with Crippen molar-refractivity contribution in [2.45, 2.75) is 23.0 Å². The van der Waals surface area contributed by atoms with Crippen molar-refractivity contribution in [1.29, 1.82) is 0 Å². The van der Waals surface area contributed by atoms with Gasteiger partial charge in [-0.25, -0.2) is 0 Å². The van der Waals surface area contributed by atoms with Gasteiger partial charge in [-0.2, -0.15) is 9.36 Å². The number of hydrogen-bond donors (Lipinski definition) is 0. The summed E-state index contributed by atoms with van der Waals surface area (Å²) in [5, 5.41) is 0.330. The van der Waals surface area contributed by atoms with Gasteiger partial charge in [-0.15, -0.1) is 11.8 Å². The molecule has 1 atom stereocenters. The van der Waals surface area contributed by atoms with E-state index in [9.17, 15) is 0 Å². The van der Waals surface area contributed by atoms with Gasteiger partial charge in [0.05, 0.1) is 16.5 Å². The van der Waals surface area contributed by atoms with Gasteiger partial charge in [-0.1, -0.05) is 91.0 Å². The van der Waals surface area contributed by atoms with E-state index in [2.05, 4.69) is 107 Å². The zero-order valence-electron chi connectivity index (χ0n) is 16.5. The molecule has 0 radical (unpaired) electrons. The van der Waals surface area contributed by atoms with E-state index >= 15 is 0 Å². The first-order valence-corrected chi connectivity index (χ1v) is 10.9. The van der Waals surface area contributed by atoms with Crippen molar-refractivity contribution in [3.05, 3.63) is 120 Å². The third kappa shape index (κ3) is 3.08. The predicted molar refractivity (Wildman–Crippen MR) is 118 cm³/mol. The molecule has 1 aliphatic rings. The summed E-state index contributed by atoms with van der Waals surface area (Å²) in [6, 6.07) is 32.7. The minimum atomic E-state index is -0.297. The lowest BCUT2D eigenvalue weighted by Crippen LogP contribution is -2.37. The summed E-state index contributed by atoms with van der Waals surface area (Å²) in [4.78, 5) is 4.75. The van der Waals surface area contributed by atoms with E-state index in [0.29, 0.717) is 5.25 Å². The molecule has 2 heterocycles. The molecule has 0 saturated heterocycles. The second-order valence-corrected chi connectivity index (χ2v) is 8.89. The van der Waals surface area contributed by atoms with E-state index in [-0.39, 0.29) is 4.75 Å². The van der Waals surface area contributed by atoms with Crippen LogP contribution in [0.4, 0.5) is 0 Å². The van der Waals surface area contributed by atoms with Crippen molar-refractivity contribution in [2.24, 2.45) is 7.05 Å². The molecule has 29 heavy (non-hydrogen) atoms. The van der Waals surface area contributed by atoms with Crippen LogP contribution in [0.1, 0.15) is 34.2 Å². The Hall–Kier alpha value is -2.85. The van der Waals surface area contributed by atoms with Crippen LogP contribution in [0.15, 0.2) is 97.3 Å². The largest absolute Gasteiger partial charge is 0.306 e. The first kappa shape index (κ1) is 18.2. The zero-order valence-corrected chi connectivity index (χ0v) is 17.3. The molecule has 3 nitrogen and oxygen atoms in total. The number of nitrogens with zero attached hydrogens (tertiary/aromatic N) is 3. The predicted octanol–water partition coefficient (Wildman–Crippen LogP) is 4.88. The number of thioether (sulfide) groups is 1. The smallest absolute Gasteiger partial charge is 0.178 e. The number of aryl methyl sites for hydroxylation is 1. The van der Waals surface area contributed by atoms with Gasteiger partial charge in [-0.05, 0) is 28.1 Å². The maximum Gasteiger partial charge on any atom is 0.306 e. The number of fused-ring (bicyclic) bond motifs is 1. The van der Waals surface area contributed by atoms with E-state index in [0.717, 1.165) is 13.0 Å². The molecule has 3 aromatic carbocycles. The Morgan fingerprint density at radius 1 is 0.828 bits per heavy atom. The van der Waals surface area contributed by atoms with Crippen LogP contribution in [0.2, 0.25) is 0 Å². The van der Waals surface area contributed by atoms with Crippen LogP contribution in [0.3, 0.4) is 0 Å². The third-order valence-corrected chi connectivity index (χ3v) is 7.55. The maximum atomic E-state index is 4.75. The Labute approximate surface area is 176 Å². The van der Waals surface area contributed by atoms with Gasteiger partial charge < -0.3 is 0 Å². The monoisotopic (exact) mass is 398 g/mol. The average Bonchev–Trinajstić information content (AvgIpc) is 3.37. The molecule has 0 amide bonds. The number of hydrogen-bond acceptors (Lipinski definition) is 2. The van der Waals surface area contributed by atoms with Crippen molar-refractivity contribution in [2.75, 3.05) is 0 Å². The molecule has 0 saturated carbocycles.